The smallest absolute Gasteiger partial charge is 0.410 e. The summed E-state index contributed by atoms with van der Waals surface area (Å²) in [6.45, 7) is 6.48. The standard InChI is InChI=1S/C14H21NO6/c1-14(2,3)21-13(18)15-4-5-19-8-10(15)9-6-11(16)20-12(17)7-9/h9-10H,4-8H2,1-3H3. The Kier molecular flexibility index (Phi) is 4.51. The van der Waals surface area contributed by atoms with E-state index in [4.69, 9.17) is 9.47 Å². The molecule has 0 aliphatic carbocycles. The van der Waals surface area contributed by atoms with Crippen LogP contribution < -0.4 is 0 Å². The first-order valence-corrected chi connectivity index (χ1v) is 7.07. The van der Waals surface area contributed by atoms with E-state index in [0.29, 0.717) is 19.8 Å². The molecule has 0 spiro atoms. The Morgan fingerprint density at radius 2 is 1.86 bits per heavy atom. The lowest BCUT2D eigenvalue weighted by Crippen LogP contribution is -2.54. The highest BCUT2D eigenvalue weighted by molar-refractivity contribution is 5.88. The molecule has 2 aliphatic rings. The van der Waals surface area contributed by atoms with Crippen molar-refractivity contribution in [3.8, 4) is 0 Å². The van der Waals surface area contributed by atoms with Gasteiger partial charge in [0.25, 0.3) is 0 Å². The number of esters is 2. The monoisotopic (exact) mass is 299 g/mol. The summed E-state index contributed by atoms with van der Waals surface area (Å²) in [6, 6.07) is -0.342. The molecular weight excluding hydrogens is 278 g/mol. The van der Waals surface area contributed by atoms with Crippen molar-refractivity contribution in [1.29, 1.82) is 0 Å². The van der Waals surface area contributed by atoms with Gasteiger partial charge in [-0.3, -0.25) is 9.59 Å². The van der Waals surface area contributed by atoms with Gasteiger partial charge in [-0.25, -0.2) is 4.79 Å². The van der Waals surface area contributed by atoms with Crippen LogP contribution in [0.3, 0.4) is 0 Å². The first-order valence-electron chi connectivity index (χ1n) is 7.07. The van der Waals surface area contributed by atoms with Gasteiger partial charge in [0.1, 0.15) is 5.60 Å². The second-order valence-corrected chi connectivity index (χ2v) is 6.33. The van der Waals surface area contributed by atoms with Crippen molar-refractivity contribution in [3.05, 3.63) is 0 Å². The van der Waals surface area contributed by atoms with Crippen LogP contribution in [0, 0.1) is 5.92 Å². The summed E-state index contributed by atoms with van der Waals surface area (Å²) in [5, 5.41) is 0. The fourth-order valence-electron chi connectivity index (χ4n) is 2.54. The number of ether oxygens (including phenoxy) is 3. The van der Waals surface area contributed by atoms with Crippen molar-refractivity contribution in [3.63, 3.8) is 0 Å². The Morgan fingerprint density at radius 3 is 2.43 bits per heavy atom. The molecule has 2 rings (SSSR count). The predicted molar refractivity (Wildman–Crippen MR) is 71.4 cm³/mol. The number of hydrogen-bond donors (Lipinski definition) is 0. The minimum absolute atomic E-state index is 0.110. The lowest BCUT2D eigenvalue weighted by Gasteiger charge is -2.40. The third-order valence-electron chi connectivity index (χ3n) is 3.42. The number of hydrogen-bond acceptors (Lipinski definition) is 6. The van der Waals surface area contributed by atoms with Crippen molar-refractivity contribution < 1.29 is 28.6 Å². The van der Waals surface area contributed by atoms with Crippen molar-refractivity contribution in [1.82, 2.24) is 4.90 Å². The molecule has 0 aromatic rings. The van der Waals surface area contributed by atoms with Crippen LogP contribution in [-0.4, -0.2) is 54.3 Å². The highest BCUT2D eigenvalue weighted by Crippen LogP contribution is 2.27. The number of carbonyl (C=O) groups excluding carboxylic acids is 3. The molecule has 2 heterocycles. The highest BCUT2D eigenvalue weighted by atomic mass is 16.6. The van der Waals surface area contributed by atoms with E-state index < -0.39 is 23.6 Å². The van der Waals surface area contributed by atoms with Gasteiger partial charge >= 0.3 is 18.0 Å². The fourth-order valence-corrected chi connectivity index (χ4v) is 2.54. The number of nitrogens with zero attached hydrogens (tertiary/aromatic N) is 1. The molecule has 7 nitrogen and oxygen atoms in total. The molecule has 0 saturated carbocycles. The molecule has 1 amide bonds. The fraction of sp³-hybridized carbons (Fsp3) is 0.786. The molecule has 2 saturated heterocycles. The van der Waals surface area contributed by atoms with Gasteiger partial charge in [-0.05, 0) is 20.8 Å². The van der Waals surface area contributed by atoms with Gasteiger partial charge in [0.05, 0.1) is 32.1 Å². The molecule has 2 aliphatic heterocycles. The molecule has 1 unspecified atom stereocenters. The Morgan fingerprint density at radius 1 is 1.24 bits per heavy atom. The molecule has 1 atom stereocenters. The number of carbonyl (C=O) groups is 3. The molecule has 0 aromatic carbocycles. The van der Waals surface area contributed by atoms with Crippen LogP contribution in [0.2, 0.25) is 0 Å². The average molecular weight is 299 g/mol. The van der Waals surface area contributed by atoms with Crippen LogP contribution in [0.4, 0.5) is 4.79 Å². The van der Waals surface area contributed by atoms with E-state index in [9.17, 15) is 14.4 Å². The second-order valence-electron chi connectivity index (χ2n) is 6.33. The summed E-state index contributed by atoms with van der Waals surface area (Å²) >= 11 is 0. The largest absolute Gasteiger partial charge is 0.444 e. The lowest BCUT2D eigenvalue weighted by atomic mass is 9.90. The quantitative estimate of drug-likeness (QED) is 0.533. The number of amides is 1. The van der Waals surface area contributed by atoms with Crippen molar-refractivity contribution in [2.75, 3.05) is 19.8 Å². The van der Waals surface area contributed by atoms with Crippen LogP contribution in [0.1, 0.15) is 33.6 Å². The summed E-state index contributed by atoms with van der Waals surface area (Å²) < 4.78 is 15.3. The van der Waals surface area contributed by atoms with Crippen LogP contribution in [0.5, 0.6) is 0 Å². The molecular formula is C14H21NO6. The maximum absolute atomic E-state index is 12.3. The van der Waals surface area contributed by atoms with Gasteiger partial charge in [-0.2, -0.15) is 0 Å². The van der Waals surface area contributed by atoms with Crippen LogP contribution in [0.25, 0.3) is 0 Å². The lowest BCUT2D eigenvalue weighted by molar-refractivity contribution is -0.168. The molecule has 21 heavy (non-hydrogen) atoms. The maximum Gasteiger partial charge on any atom is 0.410 e. The van der Waals surface area contributed by atoms with Gasteiger partial charge in [0.2, 0.25) is 0 Å². The molecule has 0 bridgehead atoms. The summed E-state index contributed by atoms with van der Waals surface area (Å²) in [6.07, 6.45) is -0.222. The molecule has 118 valence electrons. The Hall–Kier alpha value is -1.63. The van der Waals surface area contributed by atoms with Crippen molar-refractivity contribution in [2.24, 2.45) is 5.92 Å². The topological polar surface area (TPSA) is 82.1 Å². The summed E-state index contributed by atoms with van der Waals surface area (Å²) in [5.41, 5.74) is -0.596. The van der Waals surface area contributed by atoms with E-state index in [1.165, 1.54) is 0 Å². The first kappa shape index (κ1) is 15.8. The zero-order valence-corrected chi connectivity index (χ0v) is 12.6. The molecule has 0 N–H and O–H groups in total. The minimum atomic E-state index is -0.596. The predicted octanol–water partition coefficient (Wildman–Crippen LogP) is 1.10. The average Bonchev–Trinajstić information content (AvgIpc) is 2.35. The van der Waals surface area contributed by atoms with Crippen LogP contribution in [-0.2, 0) is 23.8 Å². The zero-order chi connectivity index (χ0) is 15.6. The highest BCUT2D eigenvalue weighted by Gasteiger charge is 2.40. The van der Waals surface area contributed by atoms with Crippen molar-refractivity contribution >= 4 is 18.0 Å². The van der Waals surface area contributed by atoms with Crippen LogP contribution >= 0.6 is 0 Å². The molecule has 0 radical (unpaired) electrons. The maximum atomic E-state index is 12.3. The molecule has 7 heteroatoms. The second kappa shape index (κ2) is 6.01. The minimum Gasteiger partial charge on any atom is -0.444 e. The number of rotatable bonds is 1. The van der Waals surface area contributed by atoms with E-state index in [0.717, 1.165) is 0 Å². The van der Waals surface area contributed by atoms with E-state index in [1.54, 1.807) is 25.7 Å². The third-order valence-corrected chi connectivity index (χ3v) is 3.42. The summed E-state index contributed by atoms with van der Waals surface area (Å²) in [4.78, 5) is 36.7. The molecule has 2 fully saturated rings. The first-order chi connectivity index (χ1) is 9.76. The number of cyclic esters (lactones) is 2. The van der Waals surface area contributed by atoms with Gasteiger partial charge in [0, 0.05) is 12.5 Å². The van der Waals surface area contributed by atoms with Gasteiger partial charge < -0.3 is 19.1 Å². The molecule has 0 aromatic heterocycles. The van der Waals surface area contributed by atoms with Gasteiger partial charge in [-0.15, -0.1) is 0 Å². The van der Waals surface area contributed by atoms with Gasteiger partial charge in [-0.1, -0.05) is 0 Å². The Balaban J connectivity index is 2.09. The van der Waals surface area contributed by atoms with Gasteiger partial charge in [0.15, 0.2) is 0 Å². The normalized spacial score (nSPS) is 24.7. The Bertz CT molecular complexity index is 425. The van der Waals surface area contributed by atoms with E-state index in [-0.39, 0.29) is 24.8 Å². The third kappa shape index (κ3) is 4.17. The van der Waals surface area contributed by atoms with E-state index in [2.05, 4.69) is 4.74 Å². The van der Waals surface area contributed by atoms with E-state index >= 15 is 0 Å². The SMILES string of the molecule is CC(C)(C)OC(=O)N1CCOCC1C1CC(=O)OC(=O)C1. The Labute approximate surface area is 123 Å². The number of morpholine rings is 1. The summed E-state index contributed by atoms with van der Waals surface area (Å²) in [7, 11) is 0. The van der Waals surface area contributed by atoms with Crippen LogP contribution in [0.15, 0.2) is 0 Å². The summed E-state index contributed by atoms with van der Waals surface area (Å²) in [5.74, 6) is -1.39. The van der Waals surface area contributed by atoms with Crippen molar-refractivity contribution in [2.45, 2.75) is 45.3 Å². The zero-order valence-electron chi connectivity index (χ0n) is 12.6. The van der Waals surface area contributed by atoms with E-state index in [1.807, 2.05) is 0 Å².